The minimum absolute atomic E-state index is 0.448. The molecule has 0 atom stereocenters. The van der Waals surface area contributed by atoms with Gasteiger partial charge in [-0.3, -0.25) is 0 Å². The molecular weight excluding hydrogens is 244 g/mol. The Kier molecular flexibility index (Phi) is 4.09. The Labute approximate surface area is 101 Å². The lowest BCUT2D eigenvalue weighted by Gasteiger charge is -2.22. The number of aryl methyl sites for hydroxylation is 1. The summed E-state index contributed by atoms with van der Waals surface area (Å²) in [6.45, 7) is 6.54. The highest BCUT2D eigenvalue weighted by Crippen LogP contribution is 2.15. The number of nitrogens with zero attached hydrogens (tertiary/aromatic N) is 1. The topological polar surface area (TPSA) is 59.1 Å². The fourth-order valence-corrected chi connectivity index (χ4v) is 2.22. The Morgan fingerprint density at radius 2 is 2.12 bits per heavy atom. The first-order chi connectivity index (χ1) is 7.24. The van der Waals surface area contributed by atoms with Crippen molar-refractivity contribution in [3.05, 3.63) is 16.1 Å². The van der Waals surface area contributed by atoms with Gasteiger partial charge in [-0.05, 0) is 20.8 Å². The normalized spacial score (nSPS) is 13.0. The highest BCUT2D eigenvalue weighted by atomic mass is 32.2. The molecule has 0 spiro atoms. The van der Waals surface area contributed by atoms with Gasteiger partial charge < -0.3 is 5.32 Å². The zero-order valence-electron chi connectivity index (χ0n) is 10.1. The molecule has 1 aromatic rings. The van der Waals surface area contributed by atoms with Crippen LogP contribution in [-0.4, -0.2) is 30.9 Å². The first kappa shape index (κ1) is 13.6. The van der Waals surface area contributed by atoms with E-state index in [1.165, 1.54) is 6.26 Å². The number of aromatic nitrogens is 1. The molecule has 0 aliphatic rings. The van der Waals surface area contributed by atoms with Crippen LogP contribution in [-0.2, 0) is 16.4 Å². The van der Waals surface area contributed by atoms with Crippen LogP contribution in [0.1, 0.15) is 24.4 Å². The van der Waals surface area contributed by atoms with Crippen molar-refractivity contribution < 1.29 is 8.42 Å². The number of thiazole rings is 1. The van der Waals surface area contributed by atoms with Crippen molar-refractivity contribution in [3.63, 3.8) is 0 Å². The maximum atomic E-state index is 11.5. The van der Waals surface area contributed by atoms with Crippen molar-refractivity contribution in [2.24, 2.45) is 0 Å². The Morgan fingerprint density at radius 3 is 2.56 bits per heavy atom. The highest BCUT2D eigenvalue weighted by Gasteiger charge is 2.29. The molecule has 1 heterocycles. The van der Waals surface area contributed by atoms with Gasteiger partial charge in [0.2, 0.25) is 0 Å². The van der Waals surface area contributed by atoms with Crippen LogP contribution in [0.3, 0.4) is 0 Å². The minimum atomic E-state index is -3.03. The maximum absolute atomic E-state index is 11.5. The SMILES string of the molecule is Cc1ncsc1CNCC(C)(C)S(C)(=O)=O. The molecule has 16 heavy (non-hydrogen) atoms. The summed E-state index contributed by atoms with van der Waals surface area (Å²) in [6, 6.07) is 0. The molecule has 6 heteroatoms. The van der Waals surface area contributed by atoms with Gasteiger partial charge in [-0.1, -0.05) is 0 Å². The van der Waals surface area contributed by atoms with Gasteiger partial charge in [0, 0.05) is 24.2 Å². The van der Waals surface area contributed by atoms with Crippen molar-refractivity contribution >= 4 is 21.2 Å². The van der Waals surface area contributed by atoms with Gasteiger partial charge in [-0.25, -0.2) is 13.4 Å². The van der Waals surface area contributed by atoms with E-state index in [-0.39, 0.29) is 0 Å². The second kappa shape index (κ2) is 4.81. The van der Waals surface area contributed by atoms with Crippen molar-refractivity contribution in [3.8, 4) is 0 Å². The molecule has 0 aliphatic carbocycles. The van der Waals surface area contributed by atoms with Crippen LogP contribution >= 0.6 is 11.3 Å². The standard InChI is InChI=1S/C10H18N2O2S2/c1-8-9(15-7-12-8)5-11-6-10(2,3)16(4,13)14/h7,11H,5-6H2,1-4H3. The number of hydrogen-bond acceptors (Lipinski definition) is 5. The Hall–Kier alpha value is -0.460. The van der Waals surface area contributed by atoms with Gasteiger partial charge in [0.05, 0.1) is 16.0 Å². The molecular formula is C10H18N2O2S2. The van der Waals surface area contributed by atoms with Gasteiger partial charge in [0.25, 0.3) is 0 Å². The summed E-state index contributed by atoms with van der Waals surface area (Å²) in [7, 11) is -3.03. The van der Waals surface area contributed by atoms with Crippen molar-refractivity contribution in [1.82, 2.24) is 10.3 Å². The lowest BCUT2D eigenvalue weighted by molar-refractivity contribution is 0.522. The highest BCUT2D eigenvalue weighted by molar-refractivity contribution is 7.92. The zero-order valence-corrected chi connectivity index (χ0v) is 11.7. The molecule has 92 valence electrons. The van der Waals surface area contributed by atoms with Gasteiger partial charge in [-0.2, -0.15) is 0 Å². The molecule has 0 aromatic carbocycles. The average molecular weight is 262 g/mol. The smallest absolute Gasteiger partial charge is 0.153 e. The summed E-state index contributed by atoms with van der Waals surface area (Å²) in [4.78, 5) is 5.30. The van der Waals surface area contributed by atoms with Crippen molar-refractivity contribution in [2.45, 2.75) is 32.1 Å². The molecule has 1 aromatic heterocycles. The molecule has 0 aliphatic heterocycles. The Balaban J connectivity index is 2.51. The molecule has 0 saturated carbocycles. The molecule has 1 rings (SSSR count). The van der Waals surface area contributed by atoms with Crippen molar-refractivity contribution in [1.29, 1.82) is 0 Å². The van der Waals surface area contributed by atoms with Gasteiger partial charge in [0.1, 0.15) is 0 Å². The number of nitrogens with one attached hydrogen (secondary N) is 1. The molecule has 0 saturated heterocycles. The third-order valence-electron chi connectivity index (χ3n) is 2.68. The molecule has 1 N–H and O–H groups in total. The largest absolute Gasteiger partial charge is 0.310 e. The van der Waals surface area contributed by atoms with E-state index in [2.05, 4.69) is 10.3 Å². The second-order valence-corrected chi connectivity index (χ2v) is 8.09. The number of hydrogen-bond donors (Lipinski definition) is 1. The molecule has 0 bridgehead atoms. The minimum Gasteiger partial charge on any atom is -0.310 e. The van der Waals surface area contributed by atoms with Gasteiger partial charge in [-0.15, -0.1) is 11.3 Å². The zero-order chi connectivity index (χ0) is 12.4. The average Bonchev–Trinajstić information content (AvgIpc) is 2.49. The molecule has 0 amide bonds. The summed E-state index contributed by atoms with van der Waals surface area (Å²) in [5.41, 5.74) is 2.81. The van der Waals surface area contributed by atoms with E-state index in [4.69, 9.17) is 0 Å². The predicted octanol–water partition coefficient (Wildman–Crippen LogP) is 1.36. The number of sulfone groups is 1. The van der Waals surface area contributed by atoms with Crippen LogP contribution in [0.2, 0.25) is 0 Å². The van der Waals surface area contributed by atoms with E-state index in [0.29, 0.717) is 13.1 Å². The first-order valence-corrected chi connectivity index (χ1v) is 7.80. The summed E-state index contributed by atoms with van der Waals surface area (Å²) >= 11 is 1.58. The lowest BCUT2D eigenvalue weighted by atomic mass is 10.2. The Bertz CT molecular complexity index is 449. The van der Waals surface area contributed by atoms with E-state index in [9.17, 15) is 8.42 Å². The van der Waals surface area contributed by atoms with Crippen LogP contribution in [0.15, 0.2) is 5.51 Å². The summed E-state index contributed by atoms with van der Waals surface area (Å²) in [6.07, 6.45) is 1.27. The van der Waals surface area contributed by atoms with Crippen LogP contribution in [0.4, 0.5) is 0 Å². The summed E-state index contributed by atoms with van der Waals surface area (Å²) in [5.74, 6) is 0. The maximum Gasteiger partial charge on any atom is 0.153 e. The predicted molar refractivity (Wildman–Crippen MR) is 67.5 cm³/mol. The molecule has 0 fully saturated rings. The van der Waals surface area contributed by atoms with E-state index >= 15 is 0 Å². The number of rotatable bonds is 5. The summed E-state index contributed by atoms with van der Waals surface area (Å²) in [5, 5.41) is 3.17. The molecule has 4 nitrogen and oxygen atoms in total. The van der Waals surface area contributed by atoms with Crippen molar-refractivity contribution in [2.75, 3.05) is 12.8 Å². The van der Waals surface area contributed by atoms with E-state index in [1.54, 1.807) is 30.7 Å². The van der Waals surface area contributed by atoms with E-state index in [0.717, 1.165) is 10.6 Å². The van der Waals surface area contributed by atoms with Crippen LogP contribution in [0.25, 0.3) is 0 Å². The fourth-order valence-electron chi connectivity index (χ4n) is 1.10. The van der Waals surface area contributed by atoms with Gasteiger partial charge in [0.15, 0.2) is 9.84 Å². The van der Waals surface area contributed by atoms with E-state index in [1.807, 2.05) is 6.92 Å². The molecule has 0 radical (unpaired) electrons. The summed E-state index contributed by atoms with van der Waals surface area (Å²) < 4.78 is 22.2. The first-order valence-electron chi connectivity index (χ1n) is 5.03. The third kappa shape index (κ3) is 3.26. The fraction of sp³-hybridized carbons (Fsp3) is 0.700. The Morgan fingerprint density at radius 1 is 1.50 bits per heavy atom. The van der Waals surface area contributed by atoms with Crippen LogP contribution < -0.4 is 5.32 Å². The molecule has 0 unspecified atom stereocenters. The quantitative estimate of drug-likeness (QED) is 0.870. The lowest BCUT2D eigenvalue weighted by Crippen LogP contribution is -2.41. The third-order valence-corrected chi connectivity index (χ3v) is 5.77. The van der Waals surface area contributed by atoms with Crippen LogP contribution in [0, 0.1) is 6.92 Å². The second-order valence-electron chi connectivity index (χ2n) is 4.50. The van der Waals surface area contributed by atoms with Gasteiger partial charge >= 0.3 is 0 Å². The van der Waals surface area contributed by atoms with Crippen LogP contribution in [0.5, 0.6) is 0 Å². The van der Waals surface area contributed by atoms with E-state index < -0.39 is 14.6 Å². The monoisotopic (exact) mass is 262 g/mol.